The zero-order valence-electron chi connectivity index (χ0n) is 12.2. The summed E-state index contributed by atoms with van der Waals surface area (Å²) in [6.45, 7) is 0.363. The number of alkyl carbamates (subject to hydrolysis) is 1. The van der Waals surface area contributed by atoms with Gasteiger partial charge >= 0.3 is 12.1 Å². The minimum Gasteiger partial charge on any atom is -0.480 e. The van der Waals surface area contributed by atoms with Crippen LogP contribution in [0.2, 0.25) is 0 Å². The Labute approximate surface area is 127 Å². The van der Waals surface area contributed by atoms with Crippen LogP contribution in [-0.4, -0.2) is 47.7 Å². The average molecular weight is 306 g/mol. The van der Waals surface area contributed by atoms with Crippen LogP contribution in [0.1, 0.15) is 24.4 Å². The molecule has 1 aliphatic rings. The third-order valence-electron chi connectivity index (χ3n) is 3.65. The first-order valence-electron chi connectivity index (χ1n) is 6.97. The maximum atomic E-state index is 12.7. The third-order valence-corrected chi connectivity index (χ3v) is 3.65. The SMILES string of the molecule is COC(=O)NC(C(=O)N1CCCC1C(=O)O)c1ccccc1. The first-order valence-corrected chi connectivity index (χ1v) is 6.97. The Hall–Kier alpha value is -2.57. The molecule has 2 amide bonds. The maximum absolute atomic E-state index is 12.7. The highest BCUT2D eigenvalue weighted by molar-refractivity contribution is 5.90. The molecule has 2 N–H and O–H groups in total. The summed E-state index contributed by atoms with van der Waals surface area (Å²) in [5, 5.41) is 11.7. The second-order valence-electron chi connectivity index (χ2n) is 5.01. The second-order valence-corrected chi connectivity index (χ2v) is 5.01. The van der Waals surface area contributed by atoms with E-state index in [0.717, 1.165) is 0 Å². The van der Waals surface area contributed by atoms with E-state index in [0.29, 0.717) is 24.9 Å². The number of benzene rings is 1. The van der Waals surface area contributed by atoms with Crippen LogP contribution in [-0.2, 0) is 14.3 Å². The van der Waals surface area contributed by atoms with Gasteiger partial charge in [-0.15, -0.1) is 0 Å². The van der Waals surface area contributed by atoms with Crippen molar-refractivity contribution in [3.8, 4) is 0 Å². The van der Waals surface area contributed by atoms with Crippen molar-refractivity contribution in [2.24, 2.45) is 0 Å². The van der Waals surface area contributed by atoms with Gasteiger partial charge in [-0.05, 0) is 18.4 Å². The van der Waals surface area contributed by atoms with E-state index in [1.165, 1.54) is 12.0 Å². The van der Waals surface area contributed by atoms with Crippen LogP contribution in [0.5, 0.6) is 0 Å². The van der Waals surface area contributed by atoms with Gasteiger partial charge in [0.2, 0.25) is 0 Å². The number of aliphatic carboxylic acids is 1. The number of nitrogens with one attached hydrogen (secondary N) is 1. The zero-order chi connectivity index (χ0) is 16.1. The number of carboxylic acid groups (broad SMARTS) is 1. The van der Waals surface area contributed by atoms with E-state index in [-0.39, 0.29) is 0 Å². The fraction of sp³-hybridized carbons (Fsp3) is 0.400. The summed E-state index contributed by atoms with van der Waals surface area (Å²) in [6, 6.07) is 6.86. The molecule has 2 rings (SSSR count). The maximum Gasteiger partial charge on any atom is 0.407 e. The number of likely N-dealkylation sites (tertiary alicyclic amines) is 1. The van der Waals surface area contributed by atoms with Crippen molar-refractivity contribution >= 4 is 18.0 Å². The number of nitrogens with zero attached hydrogens (tertiary/aromatic N) is 1. The molecule has 1 aliphatic heterocycles. The number of amides is 2. The summed E-state index contributed by atoms with van der Waals surface area (Å²) in [4.78, 5) is 36.8. The summed E-state index contributed by atoms with van der Waals surface area (Å²) >= 11 is 0. The number of carboxylic acids is 1. The molecule has 0 bridgehead atoms. The van der Waals surface area contributed by atoms with E-state index in [2.05, 4.69) is 10.1 Å². The van der Waals surface area contributed by atoms with Crippen molar-refractivity contribution in [3.63, 3.8) is 0 Å². The number of carbonyl (C=O) groups excluding carboxylic acids is 2. The van der Waals surface area contributed by atoms with Gasteiger partial charge in [0.15, 0.2) is 0 Å². The minimum absolute atomic E-state index is 0.363. The normalized spacial score (nSPS) is 18.6. The molecule has 2 atom stereocenters. The molecule has 118 valence electrons. The number of hydrogen-bond donors (Lipinski definition) is 2. The van der Waals surface area contributed by atoms with Gasteiger partial charge in [-0.2, -0.15) is 0 Å². The van der Waals surface area contributed by atoms with Crippen LogP contribution >= 0.6 is 0 Å². The highest BCUT2D eigenvalue weighted by Crippen LogP contribution is 2.23. The van der Waals surface area contributed by atoms with Crippen LogP contribution < -0.4 is 5.32 Å². The quantitative estimate of drug-likeness (QED) is 0.870. The molecule has 1 aromatic carbocycles. The summed E-state index contributed by atoms with van der Waals surface area (Å²) in [5.74, 6) is -1.47. The monoisotopic (exact) mass is 306 g/mol. The van der Waals surface area contributed by atoms with Crippen LogP contribution in [0.4, 0.5) is 4.79 Å². The first kappa shape index (κ1) is 15.8. The molecular formula is C15H18N2O5. The molecule has 0 aliphatic carbocycles. The smallest absolute Gasteiger partial charge is 0.407 e. The van der Waals surface area contributed by atoms with Crippen molar-refractivity contribution in [2.45, 2.75) is 24.9 Å². The van der Waals surface area contributed by atoms with Gasteiger partial charge in [-0.3, -0.25) is 4.79 Å². The van der Waals surface area contributed by atoms with Crippen LogP contribution in [0.15, 0.2) is 30.3 Å². The topological polar surface area (TPSA) is 95.9 Å². The van der Waals surface area contributed by atoms with Crippen LogP contribution in [0.3, 0.4) is 0 Å². The Morgan fingerprint density at radius 2 is 2.00 bits per heavy atom. The van der Waals surface area contributed by atoms with Gasteiger partial charge in [0.1, 0.15) is 12.1 Å². The van der Waals surface area contributed by atoms with E-state index < -0.39 is 30.1 Å². The Balaban J connectivity index is 2.26. The van der Waals surface area contributed by atoms with Crippen LogP contribution in [0.25, 0.3) is 0 Å². The number of carbonyl (C=O) groups is 3. The van der Waals surface area contributed by atoms with E-state index in [4.69, 9.17) is 0 Å². The molecule has 7 nitrogen and oxygen atoms in total. The lowest BCUT2D eigenvalue weighted by molar-refractivity contribution is -0.149. The van der Waals surface area contributed by atoms with E-state index in [1.807, 2.05) is 0 Å². The fourth-order valence-corrected chi connectivity index (χ4v) is 2.56. The summed E-state index contributed by atoms with van der Waals surface area (Å²) < 4.78 is 4.55. The Morgan fingerprint density at radius 1 is 1.32 bits per heavy atom. The number of ether oxygens (including phenoxy) is 1. The molecule has 2 unspecified atom stereocenters. The fourth-order valence-electron chi connectivity index (χ4n) is 2.56. The van der Waals surface area contributed by atoms with Gasteiger partial charge in [0.25, 0.3) is 5.91 Å². The molecule has 0 spiro atoms. The molecule has 7 heteroatoms. The highest BCUT2D eigenvalue weighted by atomic mass is 16.5. The molecular weight excluding hydrogens is 288 g/mol. The van der Waals surface area contributed by atoms with Crippen molar-refractivity contribution < 1.29 is 24.2 Å². The molecule has 1 aromatic rings. The zero-order valence-corrected chi connectivity index (χ0v) is 12.2. The minimum atomic E-state index is -1.03. The summed E-state index contributed by atoms with van der Waals surface area (Å²) in [7, 11) is 1.21. The average Bonchev–Trinajstić information content (AvgIpc) is 3.02. The standard InChI is InChI=1S/C15H18N2O5/c1-22-15(21)16-12(10-6-3-2-4-7-10)13(18)17-9-5-8-11(17)14(19)20/h2-4,6-7,11-12H,5,8-9H2,1H3,(H,16,21)(H,19,20). The Morgan fingerprint density at radius 3 is 2.59 bits per heavy atom. The van der Waals surface area contributed by atoms with Gasteiger partial charge in [-0.25, -0.2) is 9.59 Å². The molecule has 0 radical (unpaired) electrons. The Bertz CT molecular complexity index is 560. The third kappa shape index (κ3) is 3.36. The molecule has 0 saturated carbocycles. The van der Waals surface area contributed by atoms with Crippen molar-refractivity contribution in [1.29, 1.82) is 0 Å². The van der Waals surface area contributed by atoms with Crippen LogP contribution in [0, 0.1) is 0 Å². The molecule has 1 fully saturated rings. The molecule has 22 heavy (non-hydrogen) atoms. The van der Waals surface area contributed by atoms with E-state index in [1.54, 1.807) is 30.3 Å². The van der Waals surface area contributed by atoms with Gasteiger partial charge in [0.05, 0.1) is 7.11 Å². The molecule has 0 aromatic heterocycles. The molecule has 1 heterocycles. The largest absolute Gasteiger partial charge is 0.480 e. The number of methoxy groups -OCH3 is 1. The predicted molar refractivity (Wildman–Crippen MR) is 77.1 cm³/mol. The number of rotatable bonds is 4. The Kier molecular flexibility index (Phi) is 4.98. The summed E-state index contributed by atoms with van der Waals surface area (Å²) in [6.07, 6.45) is 0.303. The van der Waals surface area contributed by atoms with Gasteiger partial charge in [0, 0.05) is 6.54 Å². The lowest BCUT2D eigenvalue weighted by atomic mass is 10.1. The lowest BCUT2D eigenvalue weighted by Gasteiger charge is -2.27. The first-order chi connectivity index (χ1) is 10.5. The number of hydrogen-bond acceptors (Lipinski definition) is 4. The van der Waals surface area contributed by atoms with Gasteiger partial charge in [-0.1, -0.05) is 30.3 Å². The van der Waals surface area contributed by atoms with E-state index >= 15 is 0 Å². The predicted octanol–water partition coefficient (Wildman–Crippen LogP) is 1.16. The summed E-state index contributed by atoms with van der Waals surface area (Å²) in [5.41, 5.74) is 0.578. The lowest BCUT2D eigenvalue weighted by Crippen LogP contribution is -2.47. The van der Waals surface area contributed by atoms with E-state index in [9.17, 15) is 19.5 Å². The van der Waals surface area contributed by atoms with Crippen molar-refractivity contribution in [2.75, 3.05) is 13.7 Å². The highest BCUT2D eigenvalue weighted by Gasteiger charge is 2.38. The van der Waals surface area contributed by atoms with Gasteiger partial charge < -0.3 is 20.1 Å². The second kappa shape index (κ2) is 6.93. The molecule has 1 saturated heterocycles. The van der Waals surface area contributed by atoms with Crippen molar-refractivity contribution in [3.05, 3.63) is 35.9 Å². The van der Waals surface area contributed by atoms with Crippen molar-refractivity contribution in [1.82, 2.24) is 10.2 Å².